The first-order valence-electron chi connectivity index (χ1n) is 7.19. The molecule has 2 aromatic heterocycles. The molecule has 10 heteroatoms. The molecule has 130 valence electrons. The summed E-state index contributed by atoms with van der Waals surface area (Å²) in [5.41, 5.74) is 0.593. The topological polar surface area (TPSA) is 73.5 Å². The summed E-state index contributed by atoms with van der Waals surface area (Å²) in [6, 6.07) is 2.53. The predicted molar refractivity (Wildman–Crippen MR) is 75.3 cm³/mol. The Morgan fingerprint density at radius 1 is 1.42 bits per heavy atom. The Labute approximate surface area is 135 Å². The molecule has 2 aromatic rings. The molecule has 3 heterocycles. The van der Waals surface area contributed by atoms with Gasteiger partial charge in [-0.3, -0.25) is 4.90 Å². The molecule has 0 aliphatic carbocycles. The fourth-order valence-corrected chi connectivity index (χ4v) is 2.43. The van der Waals surface area contributed by atoms with Crippen LogP contribution in [0.1, 0.15) is 11.9 Å². The van der Waals surface area contributed by atoms with Gasteiger partial charge in [0.15, 0.2) is 0 Å². The van der Waals surface area contributed by atoms with Gasteiger partial charge in [0.05, 0.1) is 26.9 Å². The van der Waals surface area contributed by atoms with Crippen molar-refractivity contribution in [1.29, 1.82) is 0 Å². The number of morpholine rings is 1. The molecule has 0 radical (unpaired) electrons. The third-order valence-electron chi connectivity index (χ3n) is 3.55. The molecule has 1 aliphatic rings. The van der Waals surface area contributed by atoms with Gasteiger partial charge < -0.3 is 14.0 Å². The van der Waals surface area contributed by atoms with Crippen LogP contribution in [0.3, 0.4) is 0 Å². The van der Waals surface area contributed by atoms with E-state index in [9.17, 15) is 13.2 Å². The number of ether oxygens (including phenoxy) is 2. The van der Waals surface area contributed by atoms with Gasteiger partial charge in [0.2, 0.25) is 17.6 Å². The zero-order chi connectivity index (χ0) is 17.2. The predicted octanol–water partition coefficient (Wildman–Crippen LogP) is 2.08. The summed E-state index contributed by atoms with van der Waals surface area (Å²) in [5, 5.41) is 3.84. The average Bonchev–Trinajstić information content (AvgIpc) is 3.04. The first-order valence-corrected chi connectivity index (χ1v) is 7.19. The van der Waals surface area contributed by atoms with Crippen molar-refractivity contribution in [3.8, 4) is 17.3 Å². The van der Waals surface area contributed by atoms with Gasteiger partial charge in [-0.15, -0.1) is 0 Å². The second-order valence-electron chi connectivity index (χ2n) is 5.22. The van der Waals surface area contributed by atoms with Crippen LogP contribution in [-0.2, 0) is 4.74 Å². The third kappa shape index (κ3) is 3.82. The van der Waals surface area contributed by atoms with Gasteiger partial charge >= 0.3 is 6.18 Å². The smallest absolute Gasteiger partial charge is 0.401 e. The monoisotopic (exact) mass is 344 g/mol. The molecule has 7 nitrogen and oxygen atoms in total. The molecule has 0 bridgehead atoms. The molecule has 0 N–H and O–H groups in total. The standard InChI is InChI=1S/C14H15F3N4O3/c1-22-11-6-9(2-3-18-11)12-19-13(24-20-12)10-7-23-5-4-21(10)8-14(15,16)17/h2-3,6,10H,4-5,7-8H2,1H3/t10-/m0/s1. The Morgan fingerprint density at radius 3 is 3.00 bits per heavy atom. The Bertz CT molecular complexity index is 692. The number of pyridine rings is 1. The summed E-state index contributed by atoms with van der Waals surface area (Å²) in [5.74, 6) is 0.714. The van der Waals surface area contributed by atoms with Crippen LogP contribution in [0, 0.1) is 0 Å². The van der Waals surface area contributed by atoms with Crippen molar-refractivity contribution in [3.05, 3.63) is 24.2 Å². The normalized spacial score (nSPS) is 19.4. The number of hydrogen-bond acceptors (Lipinski definition) is 7. The number of alkyl halides is 3. The molecular weight excluding hydrogens is 329 g/mol. The molecule has 1 atom stereocenters. The van der Waals surface area contributed by atoms with Gasteiger partial charge in [0.1, 0.15) is 6.04 Å². The van der Waals surface area contributed by atoms with E-state index in [0.29, 0.717) is 11.4 Å². The highest BCUT2D eigenvalue weighted by atomic mass is 19.4. The van der Waals surface area contributed by atoms with Gasteiger partial charge in [-0.05, 0) is 6.07 Å². The van der Waals surface area contributed by atoms with Crippen LogP contribution < -0.4 is 4.74 Å². The summed E-state index contributed by atoms with van der Waals surface area (Å²) in [6.45, 7) is -0.612. The number of nitrogens with zero attached hydrogens (tertiary/aromatic N) is 4. The lowest BCUT2D eigenvalue weighted by Crippen LogP contribution is -2.44. The van der Waals surface area contributed by atoms with E-state index in [2.05, 4.69) is 15.1 Å². The first kappa shape index (κ1) is 16.7. The van der Waals surface area contributed by atoms with Crippen molar-refractivity contribution in [1.82, 2.24) is 20.0 Å². The fourth-order valence-electron chi connectivity index (χ4n) is 2.43. The third-order valence-corrected chi connectivity index (χ3v) is 3.55. The van der Waals surface area contributed by atoms with Crippen molar-refractivity contribution < 1.29 is 27.2 Å². The maximum Gasteiger partial charge on any atom is 0.401 e. The summed E-state index contributed by atoms with van der Waals surface area (Å²) in [4.78, 5) is 9.41. The molecule has 0 unspecified atom stereocenters. The van der Waals surface area contributed by atoms with Gasteiger partial charge in [-0.25, -0.2) is 4.98 Å². The Hall–Kier alpha value is -2.20. The quantitative estimate of drug-likeness (QED) is 0.841. The Balaban J connectivity index is 1.82. The second kappa shape index (κ2) is 6.73. The first-order chi connectivity index (χ1) is 11.5. The second-order valence-corrected chi connectivity index (χ2v) is 5.22. The van der Waals surface area contributed by atoms with Crippen LogP contribution >= 0.6 is 0 Å². The molecule has 0 aromatic carbocycles. The van der Waals surface area contributed by atoms with E-state index >= 15 is 0 Å². The van der Waals surface area contributed by atoms with Crippen LogP contribution in [0.15, 0.2) is 22.9 Å². The number of rotatable bonds is 4. The lowest BCUT2D eigenvalue weighted by atomic mass is 10.2. The summed E-state index contributed by atoms with van der Waals surface area (Å²) < 4.78 is 53.6. The maximum absolute atomic E-state index is 12.7. The molecule has 24 heavy (non-hydrogen) atoms. The minimum atomic E-state index is -4.31. The zero-order valence-electron chi connectivity index (χ0n) is 12.8. The highest BCUT2D eigenvalue weighted by molar-refractivity contribution is 5.55. The molecule has 3 rings (SSSR count). The van der Waals surface area contributed by atoms with Crippen molar-refractivity contribution in [2.75, 3.05) is 33.4 Å². The summed E-state index contributed by atoms with van der Waals surface area (Å²) in [6.07, 6.45) is -2.79. The largest absolute Gasteiger partial charge is 0.481 e. The fraction of sp³-hybridized carbons (Fsp3) is 0.500. The number of aromatic nitrogens is 3. The summed E-state index contributed by atoms with van der Waals surface area (Å²) in [7, 11) is 1.47. The van der Waals surface area contributed by atoms with Crippen LogP contribution in [-0.4, -0.2) is 59.6 Å². The number of halogens is 3. The maximum atomic E-state index is 12.7. The van der Waals surface area contributed by atoms with Gasteiger partial charge in [0.25, 0.3) is 0 Å². The Kier molecular flexibility index (Phi) is 4.67. The molecular formula is C14H15F3N4O3. The van der Waals surface area contributed by atoms with Crippen LogP contribution in [0.4, 0.5) is 13.2 Å². The van der Waals surface area contributed by atoms with E-state index in [-0.39, 0.29) is 31.5 Å². The molecule has 1 fully saturated rings. The van der Waals surface area contributed by atoms with Gasteiger partial charge in [-0.2, -0.15) is 18.2 Å². The van der Waals surface area contributed by atoms with E-state index in [1.165, 1.54) is 18.2 Å². The van der Waals surface area contributed by atoms with E-state index in [0.717, 1.165) is 0 Å². The minimum Gasteiger partial charge on any atom is -0.481 e. The highest BCUT2D eigenvalue weighted by Crippen LogP contribution is 2.29. The molecule has 0 spiro atoms. The van der Waals surface area contributed by atoms with Crippen molar-refractivity contribution in [2.45, 2.75) is 12.2 Å². The van der Waals surface area contributed by atoms with E-state index in [1.807, 2.05) is 0 Å². The van der Waals surface area contributed by atoms with Crippen molar-refractivity contribution in [2.24, 2.45) is 0 Å². The van der Waals surface area contributed by atoms with Gasteiger partial charge in [0, 0.05) is 24.4 Å². The molecule has 1 saturated heterocycles. The number of hydrogen-bond donors (Lipinski definition) is 0. The molecule has 0 saturated carbocycles. The Morgan fingerprint density at radius 2 is 2.25 bits per heavy atom. The highest BCUT2D eigenvalue weighted by Gasteiger charge is 2.38. The van der Waals surface area contributed by atoms with Crippen LogP contribution in [0.25, 0.3) is 11.4 Å². The van der Waals surface area contributed by atoms with Crippen LogP contribution in [0.2, 0.25) is 0 Å². The van der Waals surface area contributed by atoms with Gasteiger partial charge in [-0.1, -0.05) is 5.16 Å². The van der Waals surface area contributed by atoms with Crippen molar-refractivity contribution in [3.63, 3.8) is 0 Å². The lowest BCUT2D eigenvalue weighted by Gasteiger charge is -2.33. The average molecular weight is 344 g/mol. The van der Waals surface area contributed by atoms with E-state index in [4.69, 9.17) is 14.0 Å². The summed E-state index contributed by atoms with van der Waals surface area (Å²) >= 11 is 0. The van der Waals surface area contributed by atoms with Crippen molar-refractivity contribution >= 4 is 0 Å². The zero-order valence-corrected chi connectivity index (χ0v) is 12.8. The van der Waals surface area contributed by atoms with E-state index < -0.39 is 18.8 Å². The van der Waals surface area contributed by atoms with Crippen LogP contribution in [0.5, 0.6) is 5.88 Å². The minimum absolute atomic E-state index is 0.0668. The lowest BCUT2D eigenvalue weighted by molar-refractivity contribution is -0.164. The van der Waals surface area contributed by atoms with E-state index in [1.54, 1.807) is 12.1 Å². The SMILES string of the molecule is COc1cc(-c2noc([C@@H]3COCCN3CC(F)(F)F)n2)ccn1. The molecule has 1 aliphatic heterocycles. The number of methoxy groups -OCH3 is 1. The molecule has 0 amide bonds.